The zero-order valence-corrected chi connectivity index (χ0v) is 6.61. The van der Waals surface area contributed by atoms with Crippen molar-refractivity contribution in [3.8, 4) is 6.07 Å². The van der Waals surface area contributed by atoms with Gasteiger partial charge < -0.3 is 0 Å². The van der Waals surface area contributed by atoms with Crippen LogP contribution in [0.5, 0.6) is 0 Å². The molecule has 0 spiro atoms. The van der Waals surface area contributed by atoms with E-state index in [0.29, 0.717) is 6.07 Å². The fourth-order valence-electron chi connectivity index (χ4n) is 0.522. The van der Waals surface area contributed by atoms with Gasteiger partial charge in [0.2, 0.25) is 5.78 Å². The molecule has 0 atom stereocenters. The molecule has 0 aliphatic rings. The predicted octanol–water partition coefficient (Wildman–Crippen LogP) is 1.76. The van der Waals surface area contributed by atoms with Crippen molar-refractivity contribution in [3.63, 3.8) is 0 Å². The molecule has 0 radical (unpaired) electrons. The lowest BCUT2D eigenvalue weighted by Crippen LogP contribution is -2.36. The second-order valence-electron chi connectivity index (χ2n) is 3.27. The topological polar surface area (TPSA) is 40.9 Å². The van der Waals surface area contributed by atoms with Crippen LogP contribution in [-0.4, -0.2) is 11.7 Å². The first kappa shape index (κ1) is 10.0. The van der Waals surface area contributed by atoms with Gasteiger partial charge in [0.15, 0.2) is 0 Å². The average molecular weight is 161 g/mol. The maximum Gasteiger partial charge on any atom is 0.389 e. The fraction of sp³-hybridized carbons (Fsp3) is 0.714. The van der Waals surface area contributed by atoms with Crippen molar-refractivity contribution in [3.05, 3.63) is 0 Å². The number of Topliss-reactive ketones (excluding diaryl/α,β-unsaturated/α-hetero) is 1. The average Bonchev–Trinajstić information content (AvgIpc) is 1.84. The minimum absolute atomic E-state index is 0.665. The van der Waals surface area contributed by atoms with Gasteiger partial charge in [-0.1, -0.05) is 20.8 Å². The molecular formula is C7H9F2NO. The first-order valence-electron chi connectivity index (χ1n) is 3.06. The molecule has 0 heterocycles. The van der Waals surface area contributed by atoms with Crippen molar-refractivity contribution in [2.24, 2.45) is 5.41 Å². The normalized spacial score (nSPS) is 12.4. The Kier molecular flexibility index (Phi) is 2.34. The molecule has 0 aromatic heterocycles. The van der Waals surface area contributed by atoms with Gasteiger partial charge in [-0.05, 0) is 0 Å². The summed E-state index contributed by atoms with van der Waals surface area (Å²) in [5.41, 5.74) is -1.17. The van der Waals surface area contributed by atoms with Crippen molar-refractivity contribution in [2.45, 2.75) is 26.7 Å². The van der Waals surface area contributed by atoms with Crippen LogP contribution in [0.3, 0.4) is 0 Å². The van der Waals surface area contributed by atoms with Crippen molar-refractivity contribution < 1.29 is 13.6 Å². The van der Waals surface area contributed by atoms with Crippen LogP contribution in [0.1, 0.15) is 20.8 Å². The second-order valence-corrected chi connectivity index (χ2v) is 3.27. The number of nitriles is 1. The van der Waals surface area contributed by atoms with Crippen molar-refractivity contribution in [2.75, 3.05) is 0 Å². The zero-order valence-electron chi connectivity index (χ0n) is 6.61. The lowest BCUT2D eigenvalue weighted by molar-refractivity contribution is -0.144. The van der Waals surface area contributed by atoms with Crippen molar-refractivity contribution >= 4 is 5.78 Å². The van der Waals surface area contributed by atoms with Gasteiger partial charge in [-0.25, -0.2) is 0 Å². The predicted molar refractivity (Wildman–Crippen MR) is 35.0 cm³/mol. The molecule has 0 amide bonds. The van der Waals surface area contributed by atoms with E-state index in [1.54, 1.807) is 0 Å². The summed E-state index contributed by atoms with van der Waals surface area (Å²) in [5, 5.41) is 7.91. The number of hydrogen-bond acceptors (Lipinski definition) is 2. The summed E-state index contributed by atoms with van der Waals surface area (Å²) >= 11 is 0. The Morgan fingerprint density at radius 3 is 1.82 bits per heavy atom. The summed E-state index contributed by atoms with van der Waals surface area (Å²) < 4.78 is 24.7. The highest BCUT2D eigenvalue weighted by Crippen LogP contribution is 2.26. The number of alkyl halides is 2. The highest BCUT2D eigenvalue weighted by Gasteiger charge is 2.45. The van der Waals surface area contributed by atoms with E-state index in [9.17, 15) is 13.6 Å². The molecule has 0 fully saturated rings. The number of ketones is 1. The number of halogens is 2. The molecule has 62 valence electrons. The minimum Gasteiger partial charge on any atom is -0.291 e. The van der Waals surface area contributed by atoms with Gasteiger partial charge in [-0.15, -0.1) is 0 Å². The van der Waals surface area contributed by atoms with Crippen LogP contribution < -0.4 is 0 Å². The SMILES string of the molecule is CC(C)(C)C(=O)C(F)(F)C#N. The standard InChI is InChI=1S/C7H9F2NO/c1-6(2,3)5(11)7(8,9)4-10/h1-3H3. The second kappa shape index (κ2) is 2.57. The largest absolute Gasteiger partial charge is 0.389 e. The molecule has 0 aliphatic heterocycles. The number of carbonyl (C=O) groups is 1. The molecule has 0 saturated heterocycles. The molecule has 0 rings (SSSR count). The van der Waals surface area contributed by atoms with Gasteiger partial charge >= 0.3 is 5.92 Å². The molecule has 0 bridgehead atoms. The Labute approximate surface area is 63.8 Å². The molecular weight excluding hydrogens is 152 g/mol. The van der Waals surface area contributed by atoms with E-state index < -0.39 is 17.1 Å². The molecule has 0 N–H and O–H groups in total. The van der Waals surface area contributed by atoms with Crippen LogP contribution in [0.25, 0.3) is 0 Å². The van der Waals surface area contributed by atoms with Crippen LogP contribution >= 0.6 is 0 Å². The Hall–Kier alpha value is -0.980. The number of rotatable bonds is 1. The number of carbonyl (C=O) groups excluding carboxylic acids is 1. The minimum atomic E-state index is -3.85. The molecule has 0 saturated carbocycles. The first-order valence-corrected chi connectivity index (χ1v) is 3.06. The third-order valence-corrected chi connectivity index (χ3v) is 1.11. The van der Waals surface area contributed by atoms with Gasteiger partial charge in [0.05, 0.1) is 0 Å². The molecule has 0 aliphatic carbocycles. The Morgan fingerprint density at radius 1 is 1.36 bits per heavy atom. The Bertz CT molecular complexity index is 209. The third kappa shape index (κ3) is 2.26. The first-order chi connectivity index (χ1) is 4.72. The summed E-state index contributed by atoms with van der Waals surface area (Å²) in [6, 6.07) is 0.665. The van der Waals surface area contributed by atoms with Crippen LogP contribution in [0, 0.1) is 16.7 Å². The van der Waals surface area contributed by atoms with Crippen LogP contribution in [0.2, 0.25) is 0 Å². The molecule has 0 aromatic carbocycles. The van der Waals surface area contributed by atoms with Gasteiger partial charge in [0.25, 0.3) is 0 Å². The van der Waals surface area contributed by atoms with Gasteiger partial charge in [0, 0.05) is 5.41 Å². The molecule has 4 heteroatoms. The third-order valence-electron chi connectivity index (χ3n) is 1.11. The Balaban J connectivity index is 4.68. The molecule has 0 unspecified atom stereocenters. The van der Waals surface area contributed by atoms with Gasteiger partial charge in [-0.3, -0.25) is 4.79 Å². The van der Waals surface area contributed by atoms with Gasteiger partial charge in [-0.2, -0.15) is 14.0 Å². The maximum atomic E-state index is 12.3. The van der Waals surface area contributed by atoms with Crippen molar-refractivity contribution in [1.82, 2.24) is 0 Å². The van der Waals surface area contributed by atoms with Crippen LogP contribution in [0.15, 0.2) is 0 Å². The number of nitrogens with zero attached hydrogens (tertiary/aromatic N) is 1. The molecule has 0 aromatic rings. The van der Waals surface area contributed by atoms with E-state index >= 15 is 0 Å². The quantitative estimate of drug-likeness (QED) is 0.587. The molecule has 11 heavy (non-hydrogen) atoms. The van der Waals surface area contributed by atoms with E-state index in [0.717, 1.165) is 0 Å². The van der Waals surface area contributed by atoms with E-state index in [-0.39, 0.29) is 0 Å². The summed E-state index contributed by atoms with van der Waals surface area (Å²) in [6.45, 7) is 4.04. The van der Waals surface area contributed by atoms with Crippen LogP contribution in [-0.2, 0) is 4.79 Å². The van der Waals surface area contributed by atoms with Crippen molar-refractivity contribution in [1.29, 1.82) is 5.26 Å². The summed E-state index contributed by atoms with van der Waals surface area (Å²) in [4.78, 5) is 10.7. The van der Waals surface area contributed by atoms with Gasteiger partial charge in [0.1, 0.15) is 6.07 Å². The van der Waals surface area contributed by atoms with E-state index in [1.165, 1.54) is 20.8 Å². The number of hydrogen-bond donors (Lipinski definition) is 0. The lowest BCUT2D eigenvalue weighted by Gasteiger charge is -2.18. The molecule has 2 nitrogen and oxygen atoms in total. The smallest absolute Gasteiger partial charge is 0.291 e. The highest BCUT2D eigenvalue weighted by molar-refractivity contribution is 5.92. The Morgan fingerprint density at radius 2 is 1.73 bits per heavy atom. The zero-order chi connectivity index (χ0) is 9.28. The monoisotopic (exact) mass is 161 g/mol. The van der Waals surface area contributed by atoms with E-state index in [4.69, 9.17) is 5.26 Å². The highest BCUT2D eigenvalue weighted by atomic mass is 19.3. The lowest BCUT2D eigenvalue weighted by atomic mass is 9.87. The maximum absolute atomic E-state index is 12.3. The fourth-order valence-corrected chi connectivity index (χ4v) is 0.522. The summed E-state index contributed by atoms with van der Waals surface area (Å²) in [7, 11) is 0. The van der Waals surface area contributed by atoms with Crippen LogP contribution in [0.4, 0.5) is 8.78 Å². The van der Waals surface area contributed by atoms with E-state index in [2.05, 4.69) is 0 Å². The summed E-state index contributed by atoms with van der Waals surface area (Å²) in [6.07, 6.45) is 0. The van der Waals surface area contributed by atoms with E-state index in [1.807, 2.05) is 0 Å². The summed E-state index contributed by atoms with van der Waals surface area (Å²) in [5.74, 6) is -5.19.